The number of hydrogen-bond donors (Lipinski definition) is 2. The van der Waals surface area contributed by atoms with Crippen molar-refractivity contribution in [3.8, 4) is 0 Å². The molecule has 5 heteroatoms. The van der Waals surface area contributed by atoms with Gasteiger partial charge in [-0.2, -0.15) is 0 Å². The van der Waals surface area contributed by atoms with Gasteiger partial charge in [0, 0.05) is 18.6 Å². The molecule has 3 atom stereocenters. The summed E-state index contributed by atoms with van der Waals surface area (Å²) in [7, 11) is 3.88. The fraction of sp³-hybridized carbons (Fsp3) is 0.929. The minimum absolute atomic E-state index is 0.259. The lowest BCUT2D eigenvalue weighted by Crippen LogP contribution is -2.53. The molecule has 112 valence electrons. The van der Waals surface area contributed by atoms with E-state index in [9.17, 15) is 9.90 Å². The first-order chi connectivity index (χ1) is 8.80. The molecule has 1 saturated heterocycles. The molecule has 0 amide bonds. The lowest BCUT2D eigenvalue weighted by atomic mass is 9.92. The van der Waals surface area contributed by atoms with Crippen LogP contribution in [0.2, 0.25) is 0 Å². The number of hydrogen-bond acceptors (Lipinski definition) is 4. The number of nitrogens with zero attached hydrogens (tertiary/aromatic N) is 2. The van der Waals surface area contributed by atoms with Crippen LogP contribution in [0.4, 0.5) is 0 Å². The maximum atomic E-state index is 11.4. The normalized spacial score (nSPS) is 27.5. The molecule has 0 aromatic rings. The lowest BCUT2D eigenvalue weighted by Gasteiger charge is -2.37. The van der Waals surface area contributed by atoms with Crippen LogP contribution in [0.25, 0.3) is 0 Å². The summed E-state index contributed by atoms with van der Waals surface area (Å²) in [5.41, 5.74) is -0.850. The summed E-state index contributed by atoms with van der Waals surface area (Å²) in [5, 5.41) is 12.3. The van der Waals surface area contributed by atoms with Crippen molar-refractivity contribution in [2.75, 3.05) is 33.7 Å². The fourth-order valence-corrected chi connectivity index (χ4v) is 3.05. The van der Waals surface area contributed by atoms with Crippen LogP contribution in [0, 0.1) is 0 Å². The van der Waals surface area contributed by atoms with Gasteiger partial charge in [-0.1, -0.05) is 0 Å². The molecule has 1 rings (SSSR count). The maximum Gasteiger partial charge on any atom is 0.323 e. The molecule has 0 aliphatic carbocycles. The number of likely N-dealkylation sites (N-methyl/N-ethyl adjacent to an activating group) is 2. The van der Waals surface area contributed by atoms with Crippen molar-refractivity contribution in [3.05, 3.63) is 0 Å². The molecule has 0 saturated carbocycles. The lowest BCUT2D eigenvalue weighted by molar-refractivity contribution is -0.144. The van der Waals surface area contributed by atoms with E-state index in [1.807, 2.05) is 0 Å². The second kappa shape index (κ2) is 6.68. The number of nitrogens with one attached hydrogen (secondary N) is 1. The zero-order chi connectivity index (χ0) is 14.6. The van der Waals surface area contributed by atoms with Gasteiger partial charge in [0.15, 0.2) is 0 Å². The molecule has 1 aliphatic rings. The van der Waals surface area contributed by atoms with Crippen molar-refractivity contribution < 1.29 is 9.90 Å². The molecule has 1 aliphatic heterocycles. The molecule has 0 bridgehead atoms. The van der Waals surface area contributed by atoms with Gasteiger partial charge >= 0.3 is 5.97 Å². The van der Waals surface area contributed by atoms with Crippen LogP contribution in [-0.2, 0) is 4.79 Å². The number of aliphatic carboxylic acids is 1. The van der Waals surface area contributed by atoms with Gasteiger partial charge in [-0.05, 0) is 60.8 Å². The van der Waals surface area contributed by atoms with Crippen LogP contribution in [0.3, 0.4) is 0 Å². The van der Waals surface area contributed by atoms with E-state index >= 15 is 0 Å². The van der Waals surface area contributed by atoms with Gasteiger partial charge in [0.25, 0.3) is 0 Å². The van der Waals surface area contributed by atoms with E-state index in [2.05, 4.69) is 36.0 Å². The zero-order valence-corrected chi connectivity index (χ0v) is 12.9. The summed E-state index contributed by atoms with van der Waals surface area (Å²) >= 11 is 0. The Balaban J connectivity index is 2.70. The number of carboxylic acids is 1. The zero-order valence-electron chi connectivity index (χ0n) is 12.9. The monoisotopic (exact) mass is 271 g/mol. The Morgan fingerprint density at radius 2 is 2.16 bits per heavy atom. The molecule has 5 nitrogen and oxygen atoms in total. The summed E-state index contributed by atoms with van der Waals surface area (Å²) in [5.74, 6) is -0.776. The largest absolute Gasteiger partial charge is 0.480 e. The predicted molar refractivity (Wildman–Crippen MR) is 77.5 cm³/mol. The second-order valence-corrected chi connectivity index (χ2v) is 6.14. The molecule has 1 fully saturated rings. The highest BCUT2D eigenvalue weighted by Gasteiger charge is 2.35. The molecule has 2 N–H and O–H groups in total. The highest BCUT2D eigenvalue weighted by molar-refractivity contribution is 5.78. The summed E-state index contributed by atoms with van der Waals surface area (Å²) in [4.78, 5) is 16.2. The van der Waals surface area contributed by atoms with E-state index in [1.54, 1.807) is 14.0 Å². The van der Waals surface area contributed by atoms with Crippen LogP contribution < -0.4 is 5.32 Å². The Kier molecular flexibility index (Phi) is 5.77. The molecule has 0 aromatic heterocycles. The smallest absolute Gasteiger partial charge is 0.323 e. The number of carboxylic acid groups (broad SMARTS) is 1. The third-order valence-corrected chi connectivity index (χ3v) is 4.39. The summed E-state index contributed by atoms with van der Waals surface area (Å²) in [6, 6.07) is 0.729. The first kappa shape index (κ1) is 16.4. The molecule has 1 heterocycles. The molecule has 3 unspecified atom stereocenters. The van der Waals surface area contributed by atoms with Gasteiger partial charge in [-0.3, -0.25) is 9.69 Å². The Labute approximate surface area is 117 Å². The summed E-state index contributed by atoms with van der Waals surface area (Å²) < 4.78 is 0. The summed E-state index contributed by atoms with van der Waals surface area (Å²) in [6.45, 7) is 9.35. The predicted octanol–water partition coefficient (Wildman–Crippen LogP) is 0.854. The Morgan fingerprint density at radius 1 is 1.53 bits per heavy atom. The van der Waals surface area contributed by atoms with Crippen molar-refractivity contribution in [2.45, 2.75) is 51.2 Å². The third kappa shape index (κ3) is 4.16. The van der Waals surface area contributed by atoms with Gasteiger partial charge in [-0.25, -0.2) is 0 Å². The highest BCUT2D eigenvalue weighted by Crippen LogP contribution is 2.20. The first-order valence-electron chi connectivity index (χ1n) is 7.16. The molecule has 0 aromatic carbocycles. The quantitative estimate of drug-likeness (QED) is 0.776. The second-order valence-electron chi connectivity index (χ2n) is 6.14. The van der Waals surface area contributed by atoms with E-state index < -0.39 is 11.5 Å². The Bertz CT molecular complexity index is 311. The summed E-state index contributed by atoms with van der Waals surface area (Å²) in [6.07, 6.45) is 1.77. The van der Waals surface area contributed by atoms with Crippen LogP contribution in [0.1, 0.15) is 33.6 Å². The van der Waals surface area contributed by atoms with Crippen LogP contribution in [-0.4, -0.2) is 72.2 Å². The van der Waals surface area contributed by atoms with E-state index in [0.29, 0.717) is 12.5 Å². The van der Waals surface area contributed by atoms with E-state index in [4.69, 9.17) is 0 Å². The third-order valence-electron chi connectivity index (χ3n) is 4.39. The van der Waals surface area contributed by atoms with Gasteiger partial charge in [0.2, 0.25) is 0 Å². The number of rotatable bonds is 5. The van der Waals surface area contributed by atoms with Gasteiger partial charge in [0.1, 0.15) is 5.54 Å². The van der Waals surface area contributed by atoms with Gasteiger partial charge < -0.3 is 15.3 Å². The van der Waals surface area contributed by atoms with Crippen LogP contribution in [0.5, 0.6) is 0 Å². The minimum Gasteiger partial charge on any atom is -0.480 e. The average Bonchev–Trinajstić information content (AvgIpc) is 2.49. The van der Waals surface area contributed by atoms with Crippen molar-refractivity contribution in [1.29, 1.82) is 0 Å². The van der Waals surface area contributed by atoms with Crippen molar-refractivity contribution >= 4 is 5.97 Å². The van der Waals surface area contributed by atoms with Crippen molar-refractivity contribution in [3.63, 3.8) is 0 Å². The molecule has 19 heavy (non-hydrogen) atoms. The van der Waals surface area contributed by atoms with Crippen LogP contribution in [0.15, 0.2) is 0 Å². The first-order valence-corrected chi connectivity index (χ1v) is 7.16. The molecule has 0 spiro atoms. The highest BCUT2D eigenvalue weighted by atomic mass is 16.4. The van der Waals surface area contributed by atoms with Crippen molar-refractivity contribution in [2.24, 2.45) is 0 Å². The topological polar surface area (TPSA) is 55.8 Å². The van der Waals surface area contributed by atoms with Gasteiger partial charge in [0.05, 0.1) is 0 Å². The maximum absolute atomic E-state index is 11.4. The SMILES string of the molecule is CNC(C)(CC(C)N1CCCN(C)CC1C)C(=O)O. The van der Waals surface area contributed by atoms with Crippen LogP contribution >= 0.6 is 0 Å². The standard InChI is InChI=1S/C14H29N3O2/c1-11(9-14(3,15-4)13(18)19)17-8-6-7-16(5)10-12(17)2/h11-12,15H,6-10H2,1-5H3,(H,18,19). The Hall–Kier alpha value is -0.650. The van der Waals surface area contributed by atoms with E-state index in [0.717, 1.165) is 26.1 Å². The Morgan fingerprint density at radius 3 is 2.68 bits per heavy atom. The van der Waals surface area contributed by atoms with Crippen molar-refractivity contribution in [1.82, 2.24) is 15.1 Å². The average molecular weight is 271 g/mol. The van der Waals surface area contributed by atoms with E-state index in [1.165, 1.54) is 0 Å². The van der Waals surface area contributed by atoms with Gasteiger partial charge in [-0.15, -0.1) is 0 Å². The fourth-order valence-electron chi connectivity index (χ4n) is 3.05. The number of carbonyl (C=O) groups is 1. The minimum atomic E-state index is -0.850. The molecular formula is C14H29N3O2. The molecule has 0 radical (unpaired) electrons. The molecular weight excluding hydrogens is 242 g/mol. The van der Waals surface area contributed by atoms with E-state index in [-0.39, 0.29) is 6.04 Å².